The summed E-state index contributed by atoms with van der Waals surface area (Å²) in [4.78, 5) is 10.7. The molecule has 0 saturated carbocycles. The molecule has 0 saturated heterocycles. The molecule has 80 valence electrons. The minimum Gasteiger partial charge on any atom is -0.505 e. The van der Waals surface area contributed by atoms with E-state index in [0.29, 0.717) is 5.56 Å². The average Bonchev–Trinajstić information content (AvgIpc) is 2.23. The van der Waals surface area contributed by atoms with E-state index in [0.717, 1.165) is 6.07 Å². The molecule has 1 N–H and O–H groups in total. The second kappa shape index (κ2) is 5.14. The molecule has 0 amide bonds. The number of benzene rings is 1. The lowest BCUT2D eigenvalue weighted by molar-refractivity contribution is -0.139. The third kappa shape index (κ3) is 3.42. The third-order valence-corrected chi connectivity index (χ3v) is 1.79. The molecule has 1 aromatic rings. The first-order chi connectivity index (χ1) is 7.13. The lowest BCUT2D eigenvalue weighted by Gasteiger charge is -1.97. The van der Waals surface area contributed by atoms with Gasteiger partial charge in [0.25, 0.3) is 0 Å². The Labute approximate surface area is 86.8 Å². The molecule has 3 nitrogen and oxygen atoms in total. The van der Waals surface area contributed by atoms with E-state index in [1.54, 1.807) is 12.2 Å². The molecule has 0 fully saturated rings. The first kappa shape index (κ1) is 11.2. The Balaban J connectivity index is 2.65. The van der Waals surface area contributed by atoms with Crippen molar-refractivity contribution in [3.63, 3.8) is 0 Å². The molecule has 4 heteroatoms. The summed E-state index contributed by atoms with van der Waals surface area (Å²) in [6, 6.07) is 3.94. The fourth-order valence-corrected chi connectivity index (χ4v) is 1.01. The molecule has 0 spiro atoms. The highest BCUT2D eigenvalue weighted by atomic mass is 19.1. The maximum absolute atomic E-state index is 12.7. The van der Waals surface area contributed by atoms with Crippen LogP contribution in [0.4, 0.5) is 4.39 Å². The van der Waals surface area contributed by atoms with E-state index in [1.807, 2.05) is 0 Å². The summed E-state index contributed by atoms with van der Waals surface area (Å²) in [5, 5.41) is 9.05. The van der Waals surface area contributed by atoms with Gasteiger partial charge in [-0.2, -0.15) is 0 Å². The quantitative estimate of drug-likeness (QED) is 0.777. The number of ether oxygens (including phenoxy) is 1. The molecule has 0 aliphatic heterocycles. The molecular weight excluding hydrogens is 199 g/mol. The average molecular weight is 210 g/mol. The number of hydrogen-bond donors (Lipinski definition) is 1. The summed E-state index contributed by atoms with van der Waals surface area (Å²) in [6.07, 6.45) is 3.34. The largest absolute Gasteiger partial charge is 0.505 e. The lowest BCUT2D eigenvalue weighted by atomic mass is 10.2. The van der Waals surface area contributed by atoms with Crippen LogP contribution in [0.25, 0.3) is 6.08 Å². The number of carbonyl (C=O) groups excluding carboxylic acids is 1. The van der Waals surface area contributed by atoms with Crippen LogP contribution in [0, 0.1) is 5.82 Å². The topological polar surface area (TPSA) is 46.5 Å². The Hall–Kier alpha value is -1.84. The molecule has 15 heavy (non-hydrogen) atoms. The maximum atomic E-state index is 12.7. The van der Waals surface area contributed by atoms with E-state index in [-0.39, 0.29) is 12.4 Å². The first-order valence-corrected chi connectivity index (χ1v) is 4.35. The second-order valence-electron chi connectivity index (χ2n) is 2.89. The van der Waals surface area contributed by atoms with Crippen LogP contribution in [0.2, 0.25) is 0 Å². The van der Waals surface area contributed by atoms with Gasteiger partial charge in [0.15, 0.2) is 11.6 Å². The molecule has 0 aromatic heterocycles. The van der Waals surface area contributed by atoms with Gasteiger partial charge in [-0.05, 0) is 17.7 Å². The fourth-order valence-electron chi connectivity index (χ4n) is 1.01. The van der Waals surface area contributed by atoms with Crippen molar-refractivity contribution in [1.82, 2.24) is 0 Å². The van der Waals surface area contributed by atoms with E-state index >= 15 is 0 Å². The predicted octanol–water partition coefficient (Wildman–Crippen LogP) is 2.11. The SMILES string of the molecule is COC(=O)CC=Cc1ccc(F)c(O)c1. The summed E-state index contributed by atoms with van der Waals surface area (Å²) < 4.78 is 17.1. The zero-order valence-electron chi connectivity index (χ0n) is 8.24. The zero-order chi connectivity index (χ0) is 11.3. The zero-order valence-corrected chi connectivity index (χ0v) is 8.24. The molecule has 0 unspecified atom stereocenters. The summed E-state index contributed by atoms with van der Waals surface area (Å²) in [5.41, 5.74) is 0.623. The van der Waals surface area contributed by atoms with Crippen molar-refractivity contribution in [2.24, 2.45) is 0 Å². The van der Waals surface area contributed by atoms with Crippen LogP contribution < -0.4 is 0 Å². The van der Waals surface area contributed by atoms with E-state index in [1.165, 1.54) is 19.2 Å². The normalized spacial score (nSPS) is 10.5. The van der Waals surface area contributed by atoms with Gasteiger partial charge in [0.1, 0.15) is 0 Å². The van der Waals surface area contributed by atoms with Crippen molar-refractivity contribution >= 4 is 12.0 Å². The Morgan fingerprint density at radius 3 is 2.93 bits per heavy atom. The van der Waals surface area contributed by atoms with Gasteiger partial charge in [0.2, 0.25) is 0 Å². The number of phenolic OH excluding ortho intramolecular Hbond substituents is 1. The van der Waals surface area contributed by atoms with Gasteiger partial charge in [-0.25, -0.2) is 4.39 Å². The predicted molar refractivity (Wildman–Crippen MR) is 53.7 cm³/mol. The summed E-state index contributed by atoms with van der Waals surface area (Å²) >= 11 is 0. The number of methoxy groups -OCH3 is 1. The van der Waals surface area contributed by atoms with E-state index < -0.39 is 11.6 Å². The van der Waals surface area contributed by atoms with Crippen LogP contribution in [0.1, 0.15) is 12.0 Å². The molecule has 0 aliphatic carbocycles. The number of hydrogen-bond acceptors (Lipinski definition) is 3. The molecular formula is C11H11FO3. The molecule has 0 bridgehead atoms. The van der Waals surface area contributed by atoms with Crippen LogP contribution in [0.5, 0.6) is 5.75 Å². The van der Waals surface area contributed by atoms with Crippen molar-refractivity contribution in [2.45, 2.75) is 6.42 Å². The molecule has 0 aliphatic rings. The van der Waals surface area contributed by atoms with Crippen molar-refractivity contribution < 1.29 is 19.0 Å². The van der Waals surface area contributed by atoms with Gasteiger partial charge in [0.05, 0.1) is 13.5 Å². The minimum absolute atomic E-state index is 0.147. The fraction of sp³-hybridized carbons (Fsp3) is 0.182. The Morgan fingerprint density at radius 2 is 2.33 bits per heavy atom. The molecule has 0 radical (unpaired) electrons. The van der Waals surface area contributed by atoms with Crippen LogP contribution in [0.3, 0.4) is 0 Å². The summed E-state index contributed by atoms with van der Waals surface area (Å²) in [7, 11) is 1.31. The van der Waals surface area contributed by atoms with E-state index in [9.17, 15) is 9.18 Å². The number of phenols is 1. The van der Waals surface area contributed by atoms with Crippen molar-refractivity contribution in [1.29, 1.82) is 0 Å². The summed E-state index contributed by atoms with van der Waals surface area (Å²) in [6.45, 7) is 0. The third-order valence-electron chi connectivity index (χ3n) is 1.79. The van der Waals surface area contributed by atoms with Crippen molar-refractivity contribution in [3.05, 3.63) is 35.7 Å². The molecule has 0 atom stereocenters. The Bertz CT molecular complexity index is 385. The van der Waals surface area contributed by atoms with Gasteiger partial charge in [0, 0.05) is 0 Å². The second-order valence-corrected chi connectivity index (χ2v) is 2.89. The lowest BCUT2D eigenvalue weighted by Crippen LogP contribution is -1.96. The smallest absolute Gasteiger partial charge is 0.309 e. The maximum Gasteiger partial charge on any atom is 0.309 e. The molecule has 1 aromatic carbocycles. The van der Waals surface area contributed by atoms with Crippen molar-refractivity contribution in [3.8, 4) is 5.75 Å². The monoisotopic (exact) mass is 210 g/mol. The highest BCUT2D eigenvalue weighted by Crippen LogP contribution is 2.17. The molecule has 1 rings (SSSR count). The highest BCUT2D eigenvalue weighted by molar-refractivity contribution is 5.72. The number of halogens is 1. The van der Waals surface area contributed by atoms with Crippen LogP contribution in [-0.4, -0.2) is 18.2 Å². The van der Waals surface area contributed by atoms with E-state index in [4.69, 9.17) is 5.11 Å². The highest BCUT2D eigenvalue weighted by Gasteiger charge is 1.99. The van der Waals surface area contributed by atoms with Gasteiger partial charge < -0.3 is 9.84 Å². The van der Waals surface area contributed by atoms with Crippen LogP contribution in [-0.2, 0) is 9.53 Å². The van der Waals surface area contributed by atoms with Crippen LogP contribution in [0.15, 0.2) is 24.3 Å². The number of aromatic hydroxyl groups is 1. The Kier molecular flexibility index (Phi) is 3.85. The van der Waals surface area contributed by atoms with Crippen molar-refractivity contribution in [2.75, 3.05) is 7.11 Å². The number of esters is 1. The standard InChI is InChI=1S/C11H11FO3/c1-15-11(14)4-2-3-8-5-6-9(12)10(13)7-8/h2-3,5-7,13H,4H2,1H3. The van der Waals surface area contributed by atoms with Gasteiger partial charge >= 0.3 is 5.97 Å². The van der Waals surface area contributed by atoms with Gasteiger partial charge in [-0.3, -0.25) is 4.79 Å². The Morgan fingerprint density at radius 1 is 1.60 bits per heavy atom. The van der Waals surface area contributed by atoms with E-state index in [2.05, 4.69) is 4.74 Å². The summed E-state index contributed by atoms with van der Waals surface area (Å²) in [5.74, 6) is -1.42. The number of rotatable bonds is 3. The number of carbonyl (C=O) groups is 1. The molecule has 0 heterocycles. The van der Waals surface area contributed by atoms with Crippen LogP contribution >= 0.6 is 0 Å². The minimum atomic E-state index is -0.667. The first-order valence-electron chi connectivity index (χ1n) is 4.35. The van der Waals surface area contributed by atoms with Gasteiger partial charge in [-0.15, -0.1) is 0 Å². The van der Waals surface area contributed by atoms with Gasteiger partial charge in [-0.1, -0.05) is 18.2 Å².